The molecule has 3 aromatic rings. The molecule has 1 aromatic carbocycles. The summed E-state index contributed by atoms with van der Waals surface area (Å²) in [5, 5.41) is 8.67. The Labute approximate surface area is 173 Å². The standard InChI is InChI=1S/C22H23ClF2N4/c1-14(2)29-18(11-15-3-6-17(23)7-4-15)8-9-19(29)16-5-10-21-26-27-22(12-20(24)25)28(21)13-16/h3-10,13-14,18-20H,11-12H2,1-2H3/t18-,19+/m1/s1. The number of alkyl halides is 2. The van der Waals surface area contributed by atoms with Gasteiger partial charge in [0, 0.05) is 23.3 Å². The predicted octanol–water partition coefficient (Wildman–Crippen LogP) is 5.12. The third-order valence-corrected chi connectivity index (χ3v) is 5.60. The highest BCUT2D eigenvalue weighted by Crippen LogP contribution is 2.34. The van der Waals surface area contributed by atoms with Crippen LogP contribution in [0.3, 0.4) is 0 Å². The molecule has 2 atom stereocenters. The summed E-state index contributed by atoms with van der Waals surface area (Å²) >= 11 is 6.01. The zero-order chi connectivity index (χ0) is 20.5. The van der Waals surface area contributed by atoms with Gasteiger partial charge in [0.15, 0.2) is 5.65 Å². The summed E-state index contributed by atoms with van der Waals surface area (Å²) in [7, 11) is 0. The Balaban J connectivity index is 1.62. The molecular formula is C22H23ClF2N4. The SMILES string of the molecule is CC(C)N1[C@@H](Cc2ccc(Cl)cc2)C=C[C@H]1c1ccc2nnc(CC(F)F)n2c1. The number of benzene rings is 1. The molecule has 0 bridgehead atoms. The topological polar surface area (TPSA) is 33.4 Å². The van der Waals surface area contributed by atoms with Crippen molar-refractivity contribution in [2.24, 2.45) is 0 Å². The lowest BCUT2D eigenvalue weighted by Gasteiger charge is -2.34. The summed E-state index contributed by atoms with van der Waals surface area (Å²) in [6, 6.07) is 12.4. The molecule has 1 aliphatic rings. The van der Waals surface area contributed by atoms with Crippen molar-refractivity contribution in [1.29, 1.82) is 0 Å². The van der Waals surface area contributed by atoms with Gasteiger partial charge in [0.05, 0.1) is 12.5 Å². The van der Waals surface area contributed by atoms with Crippen molar-refractivity contribution in [3.8, 4) is 0 Å². The van der Waals surface area contributed by atoms with E-state index in [1.54, 1.807) is 4.40 Å². The summed E-state index contributed by atoms with van der Waals surface area (Å²) < 4.78 is 27.4. The number of hydrogen-bond donors (Lipinski definition) is 0. The minimum atomic E-state index is -2.45. The maximum atomic E-state index is 12.9. The fourth-order valence-electron chi connectivity index (χ4n) is 4.07. The first-order chi connectivity index (χ1) is 13.9. The lowest BCUT2D eigenvalue weighted by molar-refractivity contribution is 0.146. The zero-order valence-electron chi connectivity index (χ0n) is 16.3. The zero-order valence-corrected chi connectivity index (χ0v) is 17.1. The number of pyridine rings is 1. The monoisotopic (exact) mass is 416 g/mol. The van der Waals surface area contributed by atoms with Crippen molar-refractivity contribution in [2.75, 3.05) is 0 Å². The molecule has 0 unspecified atom stereocenters. The Kier molecular flexibility index (Phi) is 5.65. The summed E-state index contributed by atoms with van der Waals surface area (Å²) in [6.07, 6.45) is 4.34. The van der Waals surface area contributed by atoms with Gasteiger partial charge in [-0.1, -0.05) is 42.0 Å². The van der Waals surface area contributed by atoms with Crippen molar-refractivity contribution in [3.63, 3.8) is 0 Å². The summed E-state index contributed by atoms with van der Waals surface area (Å²) in [5.41, 5.74) is 2.85. The van der Waals surface area contributed by atoms with Crippen LogP contribution in [0.2, 0.25) is 5.02 Å². The van der Waals surface area contributed by atoms with Crippen molar-refractivity contribution in [1.82, 2.24) is 19.5 Å². The Hall–Kier alpha value is -2.31. The second-order valence-corrected chi connectivity index (χ2v) is 8.11. The van der Waals surface area contributed by atoms with Crippen molar-refractivity contribution < 1.29 is 8.78 Å². The normalized spacial score (nSPS) is 19.8. The minimum absolute atomic E-state index is 0.0681. The van der Waals surface area contributed by atoms with E-state index in [9.17, 15) is 8.78 Å². The van der Waals surface area contributed by atoms with E-state index in [0.29, 0.717) is 11.7 Å². The van der Waals surface area contributed by atoms with E-state index in [0.717, 1.165) is 17.0 Å². The van der Waals surface area contributed by atoms with Gasteiger partial charge in [-0.15, -0.1) is 10.2 Å². The Morgan fingerprint density at radius 1 is 1.03 bits per heavy atom. The van der Waals surface area contributed by atoms with Gasteiger partial charge in [-0.25, -0.2) is 8.78 Å². The molecule has 2 aromatic heterocycles. The molecule has 4 nitrogen and oxygen atoms in total. The second kappa shape index (κ2) is 8.20. The van der Waals surface area contributed by atoms with Crippen LogP contribution in [-0.4, -0.2) is 38.0 Å². The van der Waals surface area contributed by atoms with Crippen molar-refractivity contribution in [3.05, 3.63) is 76.7 Å². The summed E-state index contributed by atoms with van der Waals surface area (Å²) in [5.74, 6) is 0.285. The van der Waals surface area contributed by atoms with E-state index in [2.05, 4.69) is 53.2 Å². The first kappa shape index (κ1) is 20.0. The molecule has 29 heavy (non-hydrogen) atoms. The highest BCUT2D eigenvalue weighted by Gasteiger charge is 2.32. The van der Waals surface area contributed by atoms with Crippen molar-refractivity contribution >= 4 is 17.2 Å². The molecule has 0 spiro atoms. The van der Waals surface area contributed by atoms with Crippen molar-refractivity contribution in [2.45, 2.75) is 51.2 Å². The fourth-order valence-corrected chi connectivity index (χ4v) is 4.19. The number of rotatable bonds is 6. The lowest BCUT2D eigenvalue weighted by atomic mass is 10.0. The molecule has 0 N–H and O–H groups in total. The van der Waals surface area contributed by atoms with E-state index in [4.69, 9.17) is 11.6 Å². The number of aromatic nitrogens is 3. The second-order valence-electron chi connectivity index (χ2n) is 7.67. The van der Waals surface area contributed by atoms with E-state index in [-0.39, 0.29) is 17.9 Å². The summed E-state index contributed by atoms with van der Waals surface area (Å²) in [6.45, 7) is 4.35. The largest absolute Gasteiger partial charge is 0.286 e. The van der Waals surface area contributed by atoms with E-state index in [1.165, 1.54) is 5.56 Å². The first-order valence-electron chi connectivity index (χ1n) is 9.74. The van der Waals surface area contributed by atoms with Gasteiger partial charge in [-0.2, -0.15) is 0 Å². The molecule has 0 fully saturated rings. The van der Waals surface area contributed by atoms with E-state index in [1.807, 2.05) is 30.5 Å². The van der Waals surface area contributed by atoms with Crippen LogP contribution in [0.1, 0.15) is 36.8 Å². The predicted molar refractivity (Wildman–Crippen MR) is 110 cm³/mol. The lowest BCUT2D eigenvalue weighted by Crippen LogP contribution is -2.39. The Bertz CT molecular complexity index is 1010. The Morgan fingerprint density at radius 2 is 1.79 bits per heavy atom. The molecule has 3 heterocycles. The van der Waals surface area contributed by atoms with Gasteiger partial charge in [-0.05, 0) is 49.6 Å². The third kappa shape index (κ3) is 4.19. The van der Waals surface area contributed by atoms with Gasteiger partial charge < -0.3 is 0 Å². The van der Waals surface area contributed by atoms with E-state index >= 15 is 0 Å². The molecule has 7 heteroatoms. The highest BCUT2D eigenvalue weighted by molar-refractivity contribution is 6.30. The Morgan fingerprint density at radius 3 is 2.48 bits per heavy atom. The number of halogens is 3. The molecule has 0 amide bonds. The van der Waals surface area contributed by atoms with Gasteiger partial charge in [0.1, 0.15) is 5.82 Å². The van der Waals surface area contributed by atoms with Crippen LogP contribution in [0, 0.1) is 0 Å². The average molecular weight is 417 g/mol. The molecule has 0 saturated carbocycles. The van der Waals surface area contributed by atoms with Crippen LogP contribution < -0.4 is 0 Å². The van der Waals surface area contributed by atoms with Gasteiger partial charge in [-0.3, -0.25) is 9.30 Å². The van der Waals surface area contributed by atoms with Gasteiger partial charge in [0.2, 0.25) is 6.43 Å². The molecule has 4 rings (SSSR count). The van der Waals surface area contributed by atoms with E-state index < -0.39 is 12.8 Å². The van der Waals surface area contributed by atoms with Crippen LogP contribution in [-0.2, 0) is 12.8 Å². The quantitative estimate of drug-likeness (QED) is 0.523. The maximum Gasteiger partial charge on any atom is 0.245 e. The molecular weight excluding hydrogens is 394 g/mol. The third-order valence-electron chi connectivity index (χ3n) is 5.35. The molecule has 0 radical (unpaired) electrons. The smallest absolute Gasteiger partial charge is 0.245 e. The first-order valence-corrected chi connectivity index (χ1v) is 10.1. The van der Waals surface area contributed by atoms with Crippen LogP contribution >= 0.6 is 11.6 Å². The average Bonchev–Trinajstić information content (AvgIpc) is 3.27. The van der Waals surface area contributed by atoms with Crippen LogP contribution in [0.4, 0.5) is 8.78 Å². The molecule has 0 saturated heterocycles. The number of nitrogens with zero attached hydrogens (tertiary/aromatic N) is 4. The van der Waals surface area contributed by atoms with Crippen LogP contribution in [0.5, 0.6) is 0 Å². The van der Waals surface area contributed by atoms with Gasteiger partial charge >= 0.3 is 0 Å². The number of fused-ring (bicyclic) bond motifs is 1. The van der Waals surface area contributed by atoms with Crippen LogP contribution in [0.15, 0.2) is 54.7 Å². The van der Waals surface area contributed by atoms with Crippen LogP contribution in [0.25, 0.3) is 5.65 Å². The molecule has 1 aliphatic heterocycles. The van der Waals surface area contributed by atoms with Gasteiger partial charge in [0.25, 0.3) is 0 Å². The highest BCUT2D eigenvalue weighted by atomic mass is 35.5. The number of hydrogen-bond acceptors (Lipinski definition) is 3. The fraction of sp³-hybridized carbons (Fsp3) is 0.364. The summed E-state index contributed by atoms with van der Waals surface area (Å²) in [4.78, 5) is 2.44. The maximum absolute atomic E-state index is 12.9. The molecule has 0 aliphatic carbocycles. The minimum Gasteiger partial charge on any atom is -0.286 e. The molecule has 152 valence electrons.